The third-order valence-electron chi connectivity index (χ3n) is 3.45. The SMILES string of the molecule is CCc1ccccc1C1C(N)CCN1C. The van der Waals surface area contributed by atoms with E-state index in [2.05, 4.69) is 43.1 Å². The average molecular weight is 204 g/mol. The van der Waals surface area contributed by atoms with Crippen LogP contribution in [0.1, 0.15) is 30.5 Å². The highest BCUT2D eigenvalue weighted by Crippen LogP contribution is 2.31. The normalized spacial score (nSPS) is 27.1. The van der Waals surface area contributed by atoms with E-state index in [1.807, 2.05) is 0 Å². The lowest BCUT2D eigenvalue weighted by Crippen LogP contribution is -2.30. The molecule has 15 heavy (non-hydrogen) atoms. The number of hydrogen-bond acceptors (Lipinski definition) is 2. The summed E-state index contributed by atoms with van der Waals surface area (Å²) in [5.41, 5.74) is 9.04. The first-order chi connectivity index (χ1) is 7.24. The smallest absolute Gasteiger partial charge is 0.0499 e. The van der Waals surface area contributed by atoms with Gasteiger partial charge in [0.1, 0.15) is 0 Å². The molecule has 0 saturated carbocycles. The Morgan fingerprint density at radius 1 is 1.40 bits per heavy atom. The molecule has 2 nitrogen and oxygen atoms in total. The Kier molecular flexibility index (Phi) is 3.08. The van der Waals surface area contributed by atoms with Crippen LogP contribution in [0.25, 0.3) is 0 Å². The summed E-state index contributed by atoms with van der Waals surface area (Å²) in [6.45, 7) is 3.32. The van der Waals surface area contributed by atoms with Crippen molar-refractivity contribution in [3.8, 4) is 0 Å². The molecule has 0 bridgehead atoms. The molecule has 1 heterocycles. The molecular weight excluding hydrogens is 184 g/mol. The van der Waals surface area contributed by atoms with E-state index in [4.69, 9.17) is 5.73 Å². The quantitative estimate of drug-likeness (QED) is 0.798. The maximum Gasteiger partial charge on any atom is 0.0499 e. The Hall–Kier alpha value is -0.860. The predicted molar refractivity (Wildman–Crippen MR) is 63.8 cm³/mol. The molecule has 2 atom stereocenters. The van der Waals surface area contributed by atoms with E-state index in [1.54, 1.807) is 0 Å². The average Bonchev–Trinajstić information content (AvgIpc) is 2.59. The topological polar surface area (TPSA) is 29.3 Å². The summed E-state index contributed by atoms with van der Waals surface area (Å²) in [4.78, 5) is 2.37. The molecule has 0 aromatic heterocycles. The van der Waals surface area contributed by atoms with Crippen LogP contribution in [-0.4, -0.2) is 24.5 Å². The van der Waals surface area contributed by atoms with Crippen molar-refractivity contribution in [2.75, 3.05) is 13.6 Å². The lowest BCUT2D eigenvalue weighted by Gasteiger charge is -2.25. The van der Waals surface area contributed by atoms with Crippen molar-refractivity contribution in [1.82, 2.24) is 4.90 Å². The summed E-state index contributed by atoms with van der Waals surface area (Å²) in [6, 6.07) is 9.39. The lowest BCUT2D eigenvalue weighted by atomic mass is 9.95. The number of nitrogens with zero attached hydrogens (tertiary/aromatic N) is 1. The van der Waals surface area contributed by atoms with E-state index in [0.29, 0.717) is 12.1 Å². The Labute approximate surface area is 92.1 Å². The molecule has 1 fully saturated rings. The molecule has 2 N–H and O–H groups in total. The highest BCUT2D eigenvalue weighted by molar-refractivity contribution is 5.31. The first kappa shape index (κ1) is 10.7. The van der Waals surface area contributed by atoms with E-state index < -0.39 is 0 Å². The van der Waals surface area contributed by atoms with Crippen LogP contribution in [0.15, 0.2) is 24.3 Å². The Bertz CT molecular complexity index is 325. The molecule has 0 radical (unpaired) electrons. The predicted octanol–water partition coefficient (Wildman–Crippen LogP) is 1.95. The maximum atomic E-state index is 6.18. The van der Waals surface area contributed by atoms with E-state index in [-0.39, 0.29) is 0 Å². The molecule has 0 spiro atoms. The number of hydrogen-bond donors (Lipinski definition) is 1. The summed E-state index contributed by atoms with van der Waals surface area (Å²) in [7, 11) is 2.17. The molecule has 2 rings (SSSR count). The van der Waals surface area contributed by atoms with Crippen LogP contribution in [0.2, 0.25) is 0 Å². The fourth-order valence-corrected chi connectivity index (χ4v) is 2.59. The fraction of sp³-hybridized carbons (Fsp3) is 0.538. The number of rotatable bonds is 2. The fourth-order valence-electron chi connectivity index (χ4n) is 2.59. The zero-order valence-corrected chi connectivity index (χ0v) is 9.61. The van der Waals surface area contributed by atoms with Crippen LogP contribution >= 0.6 is 0 Å². The van der Waals surface area contributed by atoms with Gasteiger partial charge in [-0.2, -0.15) is 0 Å². The van der Waals surface area contributed by atoms with Crippen LogP contribution < -0.4 is 5.73 Å². The second kappa shape index (κ2) is 4.33. The molecule has 1 aliphatic rings. The monoisotopic (exact) mass is 204 g/mol. The van der Waals surface area contributed by atoms with Gasteiger partial charge in [0.05, 0.1) is 0 Å². The Morgan fingerprint density at radius 2 is 2.13 bits per heavy atom. The van der Waals surface area contributed by atoms with Gasteiger partial charge >= 0.3 is 0 Å². The number of likely N-dealkylation sites (tertiary alicyclic amines) is 1. The second-order valence-corrected chi connectivity index (χ2v) is 4.43. The first-order valence-electron chi connectivity index (χ1n) is 5.77. The van der Waals surface area contributed by atoms with Crippen molar-refractivity contribution in [3.05, 3.63) is 35.4 Å². The van der Waals surface area contributed by atoms with E-state index in [1.165, 1.54) is 11.1 Å². The minimum atomic E-state index is 0.294. The Morgan fingerprint density at radius 3 is 2.73 bits per heavy atom. The number of nitrogens with two attached hydrogens (primary N) is 1. The van der Waals surface area contributed by atoms with Gasteiger partial charge in [-0.05, 0) is 31.0 Å². The zero-order valence-electron chi connectivity index (χ0n) is 9.61. The summed E-state index contributed by atoms with van der Waals surface area (Å²) >= 11 is 0. The van der Waals surface area contributed by atoms with Crippen LogP contribution in [0, 0.1) is 0 Å². The summed E-state index contributed by atoms with van der Waals surface area (Å²) in [6.07, 6.45) is 2.20. The van der Waals surface area contributed by atoms with Crippen molar-refractivity contribution >= 4 is 0 Å². The first-order valence-corrected chi connectivity index (χ1v) is 5.77. The number of likely N-dealkylation sites (N-methyl/N-ethyl adjacent to an activating group) is 1. The zero-order chi connectivity index (χ0) is 10.8. The minimum Gasteiger partial charge on any atom is -0.326 e. The van der Waals surface area contributed by atoms with Gasteiger partial charge in [-0.25, -0.2) is 0 Å². The third kappa shape index (κ3) is 1.92. The third-order valence-corrected chi connectivity index (χ3v) is 3.45. The van der Waals surface area contributed by atoms with Crippen molar-refractivity contribution in [2.45, 2.75) is 31.8 Å². The second-order valence-electron chi connectivity index (χ2n) is 4.43. The van der Waals surface area contributed by atoms with Crippen LogP contribution in [0.3, 0.4) is 0 Å². The molecule has 1 aromatic rings. The molecule has 1 aliphatic heterocycles. The van der Waals surface area contributed by atoms with E-state index in [0.717, 1.165) is 19.4 Å². The van der Waals surface area contributed by atoms with Gasteiger partial charge in [0.15, 0.2) is 0 Å². The molecular formula is C13H20N2. The van der Waals surface area contributed by atoms with E-state index in [9.17, 15) is 0 Å². The van der Waals surface area contributed by atoms with Gasteiger partial charge in [-0.3, -0.25) is 4.90 Å². The highest BCUT2D eigenvalue weighted by Gasteiger charge is 2.31. The van der Waals surface area contributed by atoms with E-state index >= 15 is 0 Å². The van der Waals surface area contributed by atoms with Gasteiger partial charge in [0.2, 0.25) is 0 Å². The van der Waals surface area contributed by atoms with Crippen molar-refractivity contribution in [1.29, 1.82) is 0 Å². The minimum absolute atomic E-state index is 0.294. The standard InChI is InChI=1S/C13H20N2/c1-3-10-6-4-5-7-11(10)13-12(14)8-9-15(13)2/h4-7,12-13H,3,8-9,14H2,1-2H3. The van der Waals surface area contributed by atoms with Gasteiger partial charge in [0.25, 0.3) is 0 Å². The van der Waals surface area contributed by atoms with Crippen molar-refractivity contribution in [3.63, 3.8) is 0 Å². The largest absolute Gasteiger partial charge is 0.326 e. The Balaban J connectivity index is 2.35. The number of benzene rings is 1. The van der Waals surface area contributed by atoms with Gasteiger partial charge in [-0.15, -0.1) is 0 Å². The highest BCUT2D eigenvalue weighted by atomic mass is 15.2. The maximum absolute atomic E-state index is 6.18. The molecule has 82 valence electrons. The molecule has 1 aromatic carbocycles. The number of aryl methyl sites for hydroxylation is 1. The molecule has 2 heteroatoms. The summed E-state index contributed by atoms with van der Waals surface area (Å²) in [5, 5.41) is 0. The van der Waals surface area contributed by atoms with Crippen molar-refractivity contribution in [2.24, 2.45) is 5.73 Å². The van der Waals surface area contributed by atoms with Crippen molar-refractivity contribution < 1.29 is 0 Å². The summed E-state index contributed by atoms with van der Waals surface area (Å²) in [5.74, 6) is 0. The molecule has 0 aliphatic carbocycles. The van der Waals surface area contributed by atoms with Crippen LogP contribution in [0.5, 0.6) is 0 Å². The van der Waals surface area contributed by atoms with Gasteiger partial charge < -0.3 is 5.73 Å². The molecule has 1 saturated heterocycles. The molecule has 2 unspecified atom stereocenters. The van der Waals surface area contributed by atoms with Gasteiger partial charge in [-0.1, -0.05) is 31.2 Å². The van der Waals surface area contributed by atoms with Crippen LogP contribution in [-0.2, 0) is 6.42 Å². The molecule has 0 amide bonds. The lowest BCUT2D eigenvalue weighted by molar-refractivity contribution is 0.303. The summed E-state index contributed by atoms with van der Waals surface area (Å²) < 4.78 is 0. The van der Waals surface area contributed by atoms with Crippen LogP contribution in [0.4, 0.5) is 0 Å². The van der Waals surface area contributed by atoms with Gasteiger partial charge in [0, 0.05) is 18.6 Å².